The highest BCUT2D eigenvalue weighted by molar-refractivity contribution is 5.94. The van der Waals surface area contributed by atoms with Crippen LogP contribution in [0.3, 0.4) is 0 Å². The molecule has 3 nitrogen and oxygen atoms in total. The van der Waals surface area contributed by atoms with Gasteiger partial charge in [0.2, 0.25) is 0 Å². The molecule has 0 bridgehead atoms. The number of likely N-dealkylation sites (N-methyl/N-ethyl adjacent to an activating group) is 1. The van der Waals surface area contributed by atoms with Gasteiger partial charge in [-0.25, -0.2) is 0 Å². The van der Waals surface area contributed by atoms with Crippen LogP contribution in [0.15, 0.2) is 18.2 Å². The molecule has 1 saturated heterocycles. The van der Waals surface area contributed by atoms with Crippen molar-refractivity contribution in [3.8, 4) is 0 Å². The SMILES string of the molecule is CCN(C(=O)c1cc(C)cc(C)c1)C1CCNC1. The van der Waals surface area contributed by atoms with Crippen LogP contribution in [0.1, 0.15) is 34.8 Å². The first-order chi connectivity index (χ1) is 8.61. The highest BCUT2D eigenvalue weighted by atomic mass is 16.2. The van der Waals surface area contributed by atoms with Crippen LogP contribution in [0.25, 0.3) is 0 Å². The molecule has 0 aromatic heterocycles. The predicted molar refractivity (Wildman–Crippen MR) is 73.9 cm³/mol. The minimum absolute atomic E-state index is 0.165. The Morgan fingerprint density at radius 2 is 2.00 bits per heavy atom. The standard InChI is InChI=1S/C15H22N2O/c1-4-17(14-5-6-16-10-14)15(18)13-8-11(2)7-12(3)9-13/h7-9,14,16H,4-6,10H2,1-3H3. The van der Waals surface area contributed by atoms with Gasteiger partial charge in [-0.05, 0) is 45.9 Å². The zero-order valence-electron chi connectivity index (χ0n) is 11.5. The van der Waals surface area contributed by atoms with E-state index in [1.165, 1.54) is 0 Å². The lowest BCUT2D eigenvalue weighted by molar-refractivity contribution is 0.0703. The molecule has 0 saturated carbocycles. The first-order valence-corrected chi connectivity index (χ1v) is 6.71. The molecule has 1 aromatic rings. The molecular weight excluding hydrogens is 224 g/mol. The minimum atomic E-state index is 0.165. The van der Waals surface area contributed by atoms with Crippen molar-refractivity contribution in [2.75, 3.05) is 19.6 Å². The van der Waals surface area contributed by atoms with Crippen LogP contribution >= 0.6 is 0 Å². The van der Waals surface area contributed by atoms with Crippen molar-refractivity contribution in [2.45, 2.75) is 33.2 Å². The number of amides is 1. The second-order valence-electron chi connectivity index (χ2n) is 5.11. The van der Waals surface area contributed by atoms with E-state index in [0.29, 0.717) is 6.04 Å². The van der Waals surface area contributed by atoms with Crippen molar-refractivity contribution in [2.24, 2.45) is 0 Å². The van der Waals surface area contributed by atoms with Crippen molar-refractivity contribution in [3.63, 3.8) is 0 Å². The second-order valence-corrected chi connectivity index (χ2v) is 5.11. The van der Waals surface area contributed by atoms with Crippen molar-refractivity contribution in [3.05, 3.63) is 34.9 Å². The molecule has 1 atom stereocenters. The molecule has 1 fully saturated rings. The van der Waals surface area contributed by atoms with Crippen molar-refractivity contribution >= 4 is 5.91 Å². The number of benzene rings is 1. The third-order valence-electron chi connectivity index (χ3n) is 3.55. The fourth-order valence-electron chi connectivity index (χ4n) is 2.74. The maximum absolute atomic E-state index is 12.6. The topological polar surface area (TPSA) is 32.3 Å². The van der Waals surface area contributed by atoms with E-state index >= 15 is 0 Å². The number of hydrogen-bond acceptors (Lipinski definition) is 2. The zero-order valence-corrected chi connectivity index (χ0v) is 11.5. The lowest BCUT2D eigenvalue weighted by atomic mass is 10.1. The van der Waals surface area contributed by atoms with Gasteiger partial charge in [0.05, 0.1) is 0 Å². The number of rotatable bonds is 3. The van der Waals surface area contributed by atoms with Crippen LogP contribution in [0.4, 0.5) is 0 Å². The van der Waals surface area contributed by atoms with Gasteiger partial charge in [0, 0.05) is 24.7 Å². The largest absolute Gasteiger partial charge is 0.335 e. The Kier molecular flexibility index (Phi) is 4.02. The first-order valence-electron chi connectivity index (χ1n) is 6.71. The fraction of sp³-hybridized carbons (Fsp3) is 0.533. The number of nitrogens with zero attached hydrogens (tertiary/aromatic N) is 1. The summed E-state index contributed by atoms with van der Waals surface area (Å²) in [5.41, 5.74) is 3.12. The highest BCUT2D eigenvalue weighted by Crippen LogP contribution is 2.15. The van der Waals surface area contributed by atoms with Gasteiger partial charge in [0.15, 0.2) is 0 Å². The molecule has 2 rings (SSSR count). The molecule has 0 radical (unpaired) electrons. The fourth-order valence-corrected chi connectivity index (χ4v) is 2.74. The van der Waals surface area contributed by atoms with Crippen LogP contribution in [-0.4, -0.2) is 36.5 Å². The van der Waals surface area contributed by atoms with E-state index in [1.54, 1.807) is 0 Å². The van der Waals surface area contributed by atoms with Gasteiger partial charge in [0.25, 0.3) is 5.91 Å². The number of carbonyl (C=O) groups is 1. The Balaban J connectivity index is 2.22. The summed E-state index contributed by atoms with van der Waals surface area (Å²) in [4.78, 5) is 14.6. The van der Waals surface area contributed by atoms with E-state index in [9.17, 15) is 4.79 Å². The van der Waals surface area contributed by atoms with Crippen LogP contribution in [-0.2, 0) is 0 Å². The van der Waals surface area contributed by atoms with Crippen molar-refractivity contribution in [1.82, 2.24) is 10.2 Å². The van der Waals surface area contributed by atoms with E-state index in [0.717, 1.165) is 42.7 Å². The molecule has 1 heterocycles. The Morgan fingerprint density at radius 1 is 1.33 bits per heavy atom. The lowest BCUT2D eigenvalue weighted by Crippen LogP contribution is -2.41. The Labute approximate surface area is 109 Å². The quantitative estimate of drug-likeness (QED) is 0.886. The van der Waals surface area contributed by atoms with Gasteiger partial charge in [-0.15, -0.1) is 0 Å². The molecule has 98 valence electrons. The average molecular weight is 246 g/mol. The van der Waals surface area contributed by atoms with Crippen LogP contribution < -0.4 is 5.32 Å². The monoisotopic (exact) mass is 246 g/mol. The maximum atomic E-state index is 12.6. The van der Waals surface area contributed by atoms with Gasteiger partial charge >= 0.3 is 0 Å². The summed E-state index contributed by atoms with van der Waals surface area (Å²) >= 11 is 0. The van der Waals surface area contributed by atoms with Crippen molar-refractivity contribution < 1.29 is 4.79 Å². The maximum Gasteiger partial charge on any atom is 0.254 e. The summed E-state index contributed by atoms with van der Waals surface area (Å²) in [7, 11) is 0. The van der Waals surface area contributed by atoms with Gasteiger partial charge < -0.3 is 10.2 Å². The first kappa shape index (κ1) is 13.1. The van der Waals surface area contributed by atoms with Crippen LogP contribution in [0.5, 0.6) is 0 Å². The molecule has 1 aliphatic rings. The van der Waals surface area contributed by atoms with Gasteiger partial charge in [-0.3, -0.25) is 4.79 Å². The predicted octanol–water partition coefficient (Wildman–Crippen LogP) is 2.13. The van der Waals surface area contributed by atoms with Crippen molar-refractivity contribution in [1.29, 1.82) is 0 Å². The molecule has 1 aromatic carbocycles. The van der Waals surface area contributed by atoms with E-state index in [4.69, 9.17) is 0 Å². The number of carbonyl (C=O) groups excluding carboxylic acids is 1. The number of aryl methyl sites for hydroxylation is 2. The molecular formula is C15H22N2O. The normalized spacial score (nSPS) is 18.9. The summed E-state index contributed by atoms with van der Waals surface area (Å²) < 4.78 is 0. The van der Waals surface area contributed by atoms with E-state index < -0.39 is 0 Å². The zero-order chi connectivity index (χ0) is 13.1. The average Bonchev–Trinajstić information content (AvgIpc) is 2.82. The Bertz CT molecular complexity index is 416. The summed E-state index contributed by atoms with van der Waals surface area (Å²) in [6, 6.07) is 6.42. The molecule has 0 spiro atoms. The molecule has 18 heavy (non-hydrogen) atoms. The molecule has 3 heteroatoms. The Morgan fingerprint density at radius 3 is 2.50 bits per heavy atom. The molecule has 1 N–H and O–H groups in total. The third kappa shape index (κ3) is 2.72. The Hall–Kier alpha value is -1.35. The van der Waals surface area contributed by atoms with E-state index in [1.807, 2.05) is 30.9 Å². The van der Waals surface area contributed by atoms with Crippen LogP contribution in [0.2, 0.25) is 0 Å². The molecule has 1 aliphatic heterocycles. The molecule has 1 amide bonds. The van der Waals surface area contributed by atoms with Crippen LogP contribution in [0, 0.1) is 13.8 Å². The van der Waals surface area contributed by atoms with E-state index in [2.05, 4.69) is 18.3 Å². The van der Waals surface area contributed by atoms with Gasteiger partial charge in [-0.2, -0.15) is 0 Å². The number of hydrogen-bond donors (Lipinski definition) is 1. The lowest BCUT2D eigenvalue weighted by Gasteiger charge is -2.27. The van der Waals surface area contributed by atoms with Gasteiger partial charge in [0.1, 0.15) is 0 Å². The summed E-state index contributed by atoms with van der Waals surface area (Å²) in [6.07, 6.45) is 1.06. The third-order valence-corrected chi connectivity index (χ3v) is 3.55. The smallest absolute Gasteiger partial charge is 0.254 e. The summed E-state index contributed by atoms with van der Waals surface area (Å²) in [6.45, 7) is 8.84. The van der Waals surface area contributed by atoms with Gasteiger partial charge in [-0.1, -0.05) is 17.2 Å². The summed E-state index contributed by atoms with van der Waals surface area (Å²) in [5, 5.41) is 3.32. The number of nitrogens with one attached hydrogen (secondary N) is 1. The highest BCUT2D eigenvalue weighted by Gasteiger charge is 2.26. The van der Waals surface area contributed by atoms with E-state index in [-0.39, 0.29) is 5.91 Å². The summed E-state index contributed by atoms with van der Waals surface area (Å²) in [5.74, 6) is 0.165. The second kappa shape index (κ2) is 5.53. The molecule has 1 unspecified atom stereocenters. The molecule has 0 aliphatic carbocycles. The minimum Gasteiger partial charge on any atom is -0.335 e.